The lowest BCUT2D eigenvalue weighted by molar-refractivity contribution is -0.341. The molecule has 0 fully saturated rings. The lowest BCUT2D eigenvalue weighted by Crippen LogP contribution is -2.07. The lowest BCUT2D eigenvalue weighted by Gasteiger charge is -2.06. The summed E-state index contributed by atoms with van der Waals surface area (Å²) in [5.41, 5.74) is 5.77. The number of aromatic amines is 1. The van der Waals surface area contributed by atoms with E-state index in [1.54, 1.807) is 0 Å². The van der Waals surface area contributed by atoms with Gasteiger partial charge in [-0.2, -0.15) is 4.98 Å². The Hall–Kier alpha value is -1.99. The van der Waals surface area contributed by atoms with Crippen LogP contribution >= 0.6 is 11.6 Å². The molecule has 0 aliphatic rings. The second kappa shape index (κ2) is 7.27. The Bertz CT molecular complexity index is 979. The summed E-state index contributed by atoms with van der Waals surface area (Å²) in [7, 11) is -4.92. The van der Waals surface area contributed by atoms with Crippen LogP contribution in [0.2, 0.25) is 5.15 Å². The first-order chi connectivity index (χ1) is 11.1. The van der Waals surface area contributed by atoms with Crippen LogP contribution in [-0.2, 0) is 10.4 Å². The Morgan fingerprint density at radius 3 is 2.29 bits per heavy atom. The Morgan fingerprint density at radius 1 is 1.04 bits per heavy atom. The molecule has 0 aliphatic heterocycles. The van der Waals surface area contributed by atoms with E-state index < -0.39 is 10.4 Å². The first kappa shape index (κ1) is 18.4. The molecule has 2 aromatic carbocycles. The van der Waals surface area contributed by atoms with Crippen molar-refractivity contribution in [2.24, 2.45) is 0 Å². The first-order valence-corrected chi connectivity index (χ1v) is 8.76. The molecule has 0 spiro atoms. The summed E-state index contributed by atoms with van der Waals surface area (Å²) in [6.07, 6.45) is 0. The number of aryl methyl sites for hydroxylation is 2. The molecule has 3 rings (SSSR count). The van der Waals surface area contributed by atoms with Gasteiger partial charge in [-0.15, -0.1) is 0 Å². The van der Waals surface area contributed by atoms with Gasteiger partial charge in [-0.3, -0.25) is 4.55 Å². The molecule has 126 valence electrons. The van der Waals surface area contributed by atoms with Crippen molar-refractivity contribution in [3.05, 3.63) is 64.8 Å². The highest BCUT2D eigenvalue weighted by molar-refractivity contribution is 7.79. The molecule has 3 aromatic rings. The minimum Gasteiger partial charge on any atom is -0.726 e. The van der Waals surface area contributed by atoms with Crippen LogP contribution in [0.5, 0.6) is 0 Å². The van der Waals surface area contributed by atoms with Crippen molar-refractivity contribution in [3.63, 3.8) is 0 Å². The van der Waals surface area contributed by atoms with Crippen LogP contribution in [0.25, 0.3) is 22.0 Å². The van der Waals surface area contributed by atoms with E-state index in [2.05, 4.69) is 55.2 Å². The van der Waals surface area contributed by atoms with Crippen LogP contribution in [0, 0.1) is 13.8 Å². The fourth-order valence-electron chi connectivity index (χ4n) is 2.39. The van der Waals surface area contributed by atoms with Gasteiger partial charge in [0.1, 0.15) is 0 Å². The maximum atomic E-state index is 8.63. The lowest BCUT2D eigenvalue weighted by atomic mass is 10.0. The predicted molar refractivity (Wildman–Crippen MR) is 92.7 cm³/mol. The average molecular weight is 366 g/mol. The quantitative estimate of drug-likeness (QED) is 0.405. The van der Waals surface area contributed by atoms with Crippen molar-refractivity contribution in [1.29, 1.82) is 0 Å². The van der Waals surface area contributed by atoms with Gasteiger partial charge in [0, 0.05) is 11.5 Å². The summed E-state index contributed by atoms with van der Waals surface area (Å²) in [4.78, 5) is 3.28. The van der Waals surface area contributed by atoms with Gasteiger partial charge in [-0.05, 0) is 48.7 Å². The standard InChI is InChI=1S/C17H14ClN.H2O4S/c1-11-7-8-16-13(9-11)10-15(17(18)19-16)14-6-4-3-5-12(14)2;1-5(2,3)4/h3-10H,1-2H3;(H2,1,2,3,4). The van der Waals surface area contributed by atoms with Gasteiger partial charge < -0.3 is 4.55 Å². The van der Waals surface area contributed by atoms with Crippen molar-refractivity contribution in [3.8, 4) is 11.1 Å². The molecule has 1 heterocycles. The van der Waals surface area contributed by atoms with Gasteiger partial charge in [-0.25, -0.2) is 8.42 Å². The van der Waals surface area contributed by atoms with E-state index in [0.29, 0.717) is 5.15 Å². The summed E-state index contributed by atoms with van der Waals surface area (Å²) in [6.45, 7) is 4.20. The molecule has 0 atom stereocenters. The molecule has 0 aliphatic carbocycles. The highest BCUT2D eigenvalue weighted by Gasteiger charge is 2.14. The van der Waals surface area contributed by atoms with Gasteiger partial charge in [-0.1, -0.05) is 35.9 Å². The maximum absolute atomic E-state index is 8.63. The Labute approximate surface area is 145 Å². The monoisotopic (exact) mass is 365 g/mol. The molecule has 0 amide bonds. The van der Waals surface area contributed by atoms with E-state index in [9.17, 15) is 0 Å². The third-order valence-electron chi connectivity index (χ3n) is 3.42. The maximum Gasteiger partial charge on any atom is 0.281 e. The summed E-state index contributed by atoms with van der Waals surface area (Å²) in [5.74, 6) is 0. The zero-order valence-electron chi connectivity index (χ0n) is 13.1. The van der Waals surface area contributed by atoms with Gasteiger partial charge in [0.15, 0.2) is 0 Å². The van der Waals surface area contributed by atoms with Crippen molar-refractivity contribution < 1.29 is 22.5 Å². The van der Waals surface area contributed by atoms with E-state index in [4.69, 9.17) is 29.1 Å². The van der Waals surface area contributed by atoms with Crippen LogP contribution in [0.3, 0.4) is 0 Å². The summed E-state index contributed by atoms with van der Waals surface area (Å²) in [5, 5.41) is 1.87. The van der Waals surface area contributed by atoms with Gasteiger partial charge in [0.25, 0.3) is 5.15 Å². The molecular formula is C17H16ClNO4S. The van der Waals surface area contributed by atoms with E-state index in [-0.39, 0.29) is 0 Å². The Kier molecular flexibility index (Phi) is 5.56. The molecule has 0 radical (unpaired) electrons. The van der Waals surface area contributed by atoms with E-state index in [1.165, 1.54) is 22.1 Å². The number of hydrogen-bond acceptors (Lipinski definition) is 3. The number of fused-ring (bicyclic) bond motifs is 1. The minimum absolute atomic E-state index is 0.686. The van der Waals surface area contributed by atoms with E-state index >= 15 is 0 Å². The average Bonchev–Trinajstić information content (AvgIpc) is 2.46. The van der Waals surface area contributed by atoms with Crippen LogP contribution in [0.4, 0.5) is 0 Å². The number of pyridine rings is 1. The number of hydrogen-bond donors (Lipinski definition) is 1. The second-order valence-electron chi connectivity index (χ2n) is 5.33. The topological polar surface area (TPSA) is 91.6 Å². The highest BCUT2D eigenvalue weighted by Crippen LogP contribution is 2.30. The highest BCUT2D eigenvalue weighted by atomic mass is 35.5. The normalized spacial score (nSPS) is 11.0. The summed E-state index contributed by atoms with van der Waals surface area (Å²) >= 11 is 6.39. The number of benzene rings is 2. The van der Waals surface area contributed by atoms with Crippen molar-refractivity contribution in [1.82, 2.24) is 0 Å². The molecule has 24 heavy (non-hydrogen) atoms. The number of aromatic nitrogens is 1. The molecule has 0 bridgehead atoms. The number of rotatable bonds is 1. The van der Waals surface area contributed by atoms with Crippen LogP contribution in [0.15, 0.2) is 48.5 Å². The van der Waals surface area contributed by atoms with Gasteiger partial charge >= 0.3 is 0 Å². The molecular weight excluding hydrogens is 350 g/mol. The minimum atomic E-state index is -4.92. The van der Waals surface area contributed by atoms with Gasteiger partial charge in [0.05, 0.1) is 5.56 Å². The van der Waals surface area contributed by atoms with Gasteiger partial charge in [0.2, 0.25) is 15.9 Å². The summed E-state index contributed by atoms with van der Waals surface area (Å²) < 4.78 is 32.8. The molecule has 7 heteroatoms. The SMILES string of the molecule is Cc1ccc2[nH+]c(Cl)c(-c3ccccc3C)cc2c1.O=S(=O)([O-])O. The largest absolute Gasteiger partial charge is 0.726 e. The third-order valence-corrected chi connectivity index (χ3v) is 3.72. The Morgan fingerprint density at radius 2 is 1.67 bits per heavy atom. The second-order valence-corrected chi connectivity index (χ2v) is 6.56. The van der Waals surface area contributed by atoms with Crippen molar-refractivity contribution in [2.75, 3.05) is 0 Å². The third kappa shape index (κ3) is 5.01. The summed E-state index contributed by atoms with van der Waals surface area (Å²) in [6, 6.07) is 16.8. The number of nitrogens with one attached hydrogen (secondary N) is 1. The smallest absolute Gasteiger partial charge is 0.281 e. The first-order valence-electron chi connectivity index (χ1n) is 7.01. The zero-order valence-corrected chi connectivity index (χ0v) is 14.6. The van der Waals surface area contributed by atoms with Crippen LogP contribution < -0.4 is 4.98 Å². The van der Waals surface area contributed by atoms with Crippen molar-refractivity contribution in [2.45, 2.75) is 13.8 Å². The molecule has 0 saturated heterocycles. The van der Waals surface area contributed by atoms with Crippen molar-refractivity contribution >= 4 is 32.9 Å². The molecule has 0 saturated carbocycles. The zero-order chi connectivity index (χ0) is 17.9. The van der Waals surface area contributed by atoms with Crippen LogP contribution in [-0.4, -0.2) is 17.5 Å². The molecule has 1 aromatic heterocycles. The Balaban J connectivity index is 0.000000368. The number of H-pyrrole nitrogens is 1. The number of halogens is 1. The van der Waals surface area contributed by atoms with Crippen LogP contribution in [0.1, 0.15) is 11.1 Å². The van der Waals surface area contributed by atoms with E-state index in [1.807, 2.05) is 12.1 Å². The fourth-order valence-corrected chi connectivity index (χ4v) is 2.65. The van der Waals surface area contributed by atoms with E-state index in [0.717, 1.165) is 11.1 Å². The molecule has 0 unspecified atom stereocenters. The predicted octanol–water partition coefficient (Wildman–Crippen LogP) is 3.60. The molecule has 2 N–H and O–H groups in total. The molecule has 5 nitrogen and oxygen atoms in total. The fraction of sp³-hybridized carbons (Fsp3) is 0.118.